The molecule has 0 aliphatic carbocycles. The van der Waals surface area contributed by atoms with Crippen LogP contribution >= 0.6 is 0 Å². The number of carbonyl (C=O) groups excluding carboxylic acids is 1. The number of esters is 1. The third-order valence-electron chi connectivity index (χ3n) is 3.58. The maximum absolute atomic E-state index is 12.4. The maximum atomic E-state index is 12.4. The second-order valence-electron chi connectivity index (χ2n) is 6.14. The summed E-state index contributed by atoms with van der Waals surface area (Å²) < 4.78 is 21.0. The molecule has 0 spiro atoms. The third kappa shape index (κ3) is 4.84. The number of aromatic nitrogens is 2. The van der Waals surface area contributed by atoms with E-state index in [0.29, 0.717) is 41.6 Å². The first-order valence-corrected chi connectivity index (χ1v) is 8.32. The number of methoxy groups -OCH3 is 2. The molecular weight excluding hydrogens is 336 g/mol. The molecule has 0 radical (unpaired) electrons. The Morgan fingerprint density at radius 3 is 2.69 bits per heavy atom. The van der Waals surface area contributed by atoms with E-state index in [-0.39, 0.29) is 12.5 Å². The van der Waals surface area contributed by atoms with Crippen molar-refractivity contribution in [3.63, 3.8) is 0 Å². The third-order valence-corrected chi connectivity index (χ3v) is 3.58. The number of allylic oxidation sites excluding steroid dienone is 1. The smallest absolute Gasteiger partial charge is 0.338 e. The van der Waals surface area contributed by atoms with Crippen LogP contribution in [0, 0.1) is 5.92 Å². The van der Waals surface area contributed by atoms with Crippen LogP contribution in [0.15, 0.2) is 29.3 Å². The van der Waals surface area contributed by atoms with Gasteiger partial charge in [-0.05, 0) is 24.5 Å². The number of rotatable bonds is 9. The summed E-state index contributed by atoms with van der Waals surface area (Å²) >= 11 is 0. The standard InChI is InChI=1S/C19H24N2O5/c1-6-7-13-9-14(10-15(23-4)18(13)24-5)19(22)25-11-17-20-16(21-26-17)8-12(2)3/h6,9-10,12H,1,7-8,11H2,2-5H3. The Balaban J connectivity index is 2.12. The Labute approximate surface area is 153 Å². The largest absolute Gasteiger partial charge is 0.493 e. The molecule has 26 heavy (non-hydrogen) atoms. The Morgan fingerprint density at radius 1 is 1.31 bits per heavy atom. The number of hydrogen-bond acceptors (Lipinski definition) is 7. The van der Waals surface area contributed by atoms with E-state index in [2.05, 4.69) is 30.6 Å². The average Bonchev–Trinajstić information content (AvgIpc) is 3.05. The molecule has 0 unspecified atom stereocenters. The van der Waals surface area contributed by atoms with Crippen LogP contribution in [0.3, 0.4) is 0 Å². The molecule has 0 amide bonds. The van der Waals surface area contributed by atoms with Crippen molar-refractivity contribution in [1.29, 1.82) is 0 Å². The van der Waals surface area contributed by atoms with Gasteiger partial charge in [0.25, 0.3) is 5.89 Å². The van der Waals surface area contributed by atoms with Gasteiger partial charge in [-0.15, -0.1) is 6.58 Å². The number of benzene rings is 1. The fourth-order valence-corrected chi connectivity index (χ4v) is 2.48. The van der Waals surface area contributed by atoms with E-state index in [1.807, 2.05) is 0 Å². The van der Waals surface area contributed by atoms with Crippen LogP contribution in [-0.4, -0.2) is 30.3 Å². The van der Waals surface area contributed by atoms with Crippen molar-refractivity contribution >= 4 is 5.97 Å². The van der Waals surface area contributed by atoms with Crippen molar-refractivity contribution < 1.29 is 23.5 Å². The minimum Gasteiger partial charge on any atom is -0.493 e. The molecule has 0 saturated carbocycles. The number of carbonyl (C=O) groups is 1. The van der Waals surface area contributed by atoms with Crippen LogP contribution in [0.25, 0.3) is 0 Å². The minimum absolute atomic E-state index is 0.0882. The van der Waals surface area contributed by atoms with Crippen LogP contribution in [0.1, 0.15) is 41.5 Å². The lowest BCUT2D eigenvalue weighted by Gasteiger charge is -2.13. The van der Waals surface area contributed by atoms with Crippen molar-refractivity contribution in [2.75, 3.05) is 14.2 Å². The van der Waals surface area contributed by atoms with Gasteiger partial charge < -0.3 is 18.7 Å². The zero-order chi connectivity index (χ0) is 19.1. The highest BCUT2D eigenvalue weighted by atomic mass is 16.6. The first kappa shape index (κ1) is 19.5. The van der Waals surface area contributed by atoms with Crippen LogP contribution in [0.5, 0.6) is 11.5 Å². The zero-order valence-electron chi connectivity index (χ0n) is 15.6. The van der Waals surface area contributed by atoms with Gasteiger partial charge in [0.15, 0.2) is 23.9 Å². The van der Waals surface area contributed by atoms with Gasteiger partial charge >= 0.3 is 5.97 Å². The van der Waals surface area contributed by atoms with Crippen LogP contribution in [-0.2, 0) is 24.2 Å². The lowest BCUT2D eigenvalue weighted by Crippen LogP contribution is -2.08. The van der Waals surface area contributed by atoms with Gasteiger partial charge in [0.2, 0.25) is 0 Å². The number of ether oxygens (including phenoxy) is 3. The van der Waals surface area contributed by atoms with Crippen molar-refractivity contribution in [2.24, 2.45) is 5.92 Å². The lowest BCUT2D eigenvalue weighted by molar-refractivity contribution is 0.0429. The number of nitrogens with zero attached hydrogens (tertiary/aromatic N) is 2. The van der Waals surface area contributed by atoms with Crippen LogP contribution in [0.4, 0.5) is 0 Å². The Hall–Kier alpha value is -2.83. The Morgan fingerprint density at radius 2 is 2.08 bits per heavy atom. The molecule has 7 nitrogen and oxygen atoms in total. The van der Waals surface area contributed by atoms with Gasteiger partial charge in [-0.25, -0.2) is 4.79 Å². The normalized spacial score (nSPS) is 10.7. The van der Waals surface area contributed by atoms with E-state index in [1.165, 1.54) is 7.11 Å². The molecule has 2 aromatic rings. The van der Waals surface area contributed by atoms with Gasteiger partial charge in [-0.2, -0.15) is 4.98 Å². The summed E-state index contributed by atoms with van der Waals surface area (Å²) in [4.78, 5) is 16.6. The summed E-state index contributed by atoms with van der Waals surface area (Å²) in [6.07, 6.45) is 2.96. The van der Waals surface area contributed by atoms with E-state index in [0.717, 1.165) is 5.56 Å². The van der Waals surface area contributed by atoms with E-state index >= 15 is 0 Å². The second-order valence-corrected chi connectivity index (χ2v) is 6.14. The van der Waals surface area contributed by atoms with E-state index in [1.54, 1.807) is 25.3 Å². The predicted octanol–water partition coefficient (Wildman–Crippen LogP) is 3.37. The maximum Gasteiger partial charge on any atom is 0.338 e. The molecule has 1 aromatic carbocycles. The topological polar surface area (TPSA) is 83.7 Å². The fraction of sp³-hybridized carbons (Fsp3) is 0.421. The molecular formula is C19H24N2O5. The lowest BCUT2D eigenvalue weighted by atomic mass is 10.1. The fourth-order valence-electron chi connectivity index (χ4n) is 2.48. The molecule has 0 saturated heterocycles. The molecule has 0 fully saturated rings. The van der Waals surface area contributed by atoms with Gasteiger partial charge in [0, 0.05) is 12.0 Å². The zero-order valence-corrected chi connectivity index (χ0v) is 15.6. The Bertz CT molecular complexity index is 767. The van der Waals surface area contributed by atoms with Crippen molar-refractivity contribution in [3.05, 3.63) is 47.6 Å². The van der Waals surface area contributed by atoms with E-state index < -0.39 is 5.97 Å². The monoisotopic (exact) mass is 360 g/mol. The molecule has 1 aromatic heterocycles. The highest BCUT2D eigenvalue weighted by Gasteiger charge is 2.18. The second kappa shape index (κ2) is 9.03. The molecule has 0 aliphatic rings. The molecule has 140 valence electrons. The van der Waals surface area contributed by atoms with E-state index in [9.17, 15) is 4.79 Å². The predicted molar refractivity (Wildman–Crippen MR) is 95.4 cm³/mol. The molecule has 0 bridgehead atoms. The van der Waals surface area contributed by atoms with Crippen LogP contribution < -0.4 is 9.47 Å². The highest BCUT2D eigenvalue weighted by Crippen LogP contribution is 2.33. The molecule has 0 N–H and O–H groups in total. The molecule has 0 atom stereocenters. The van der Waals surface area contributed by atoms with Gasteiger partial charge in [-0.3, -0.25) is 0 Å². The summed E-state index contributed by atoms with van der Waals surface area (Å²) in [5.74, 6) is 1.79. The highest BCUT2D eigenvalue weighted by molar-refractivity contribution is 5.90. The van der Waals surface area contributed by atoms with Gasteiger partial charge in [0.1, 0.15) is 0 Å². The molecule has 1 heterocycles. The summed E-state index contributed by atoms with van der Waals surface area (Å²) in [6.45, 7) is 7.76. The molecule has 0 aliphatic heterocycles. The Kier molecular flexibility index (Phi) is 6.77. The van der Waals surface area contributed by atoms with E-state index in [4.69, 9.17) is 18.7 Å². The molecule has 2 rings (SSSR count). The summed E-state index contributed by atoms with van der Waals surface area (Å²) in [5.41, 5.74) is 1.13. The quantitative estimate of drug-likeness (QED) is 0.501. The van der Waals surface area contributed by atoms with Gasteiger partial charge in [0.05, 0.1) is 19.8 Å². The summed E-state index contributed by atoms with van der Waals surface area (Å²) in [5, 5.41) is 3.87. The first-order valence-electron chi connectivity index (χ1n) is 8.32. The van der Waals surface area contributed by atoms with Crippen molar-refractivity contribution in [1.82, 2.24) is 10.1 Å². The van der Waals surface area contributed by atoms with Crippen LogP contribution in [0.2, 0.25) is 0 Å². The van der Waals surface area contributed by atoms with Crippen molar-refractivity contribution in [2.45, 2.75) is 33.3 Å². The minimum atomic E-state index is -0.514. The first-order chi connectivity index (χ1) is 12.5. The van der Waals surface area contributed by atoms with Crippen molar-refractivity contribution in [3.8, 4) is 11.5 Å². The molecule has 7 heteroatoms. The SMILES string of the molecule is C=CCc1cc(C(=O)OCc2nc(CC(C)C)no2)cc(OC)c1OC. The summed E-state index contributed by atoms with van der Waals surface area (Å²) in [6, 6.07) is 3.27. The average molecular weight is 360 g/mol. The van der Waals surface area contributed by atoms with Gasteiger partial charge in [-0.1, -0.05) is 25.1 Å². The summed E-state index contributed by atoms with van der Waals surface area (Å²) in [7, 11) is 3.06. The number of hydrogen-bond donors (Lipinski definition) is 0.